The molecule has 0 fully saturated rings. The molecule has 0 rings (SSSR count). The number of carbonyl (C=O) groups excluding carboxylic acids is 1. The Morgan fingerprint density at radius 1 is 1.88 bits per heavy atom. The van der Waals surface area contributed by atoms with Gasteiger partial charge in [-0.25, -0.2) is 0 Å². The van der Waals surface area contributed by atoms with Gasteiger partial charge >= 0.3 is 0 Å². The number of hydrogen-bond acceptors (Lipinski definition) is 2. The molecule has 43 valence electrons. The van der Waals surface area contributed by atoms with Crippen LogP contribution in [-0.2, 0) is 4.79 Å². The van der Waals surface area contributed by atoms with Gasteiger partial charge in [0.25, 0.3) is 0 Å². The van der Waals surface area contributed by atoms with E-state index in [1.54, 1.807) is 6.29 Å². The van der Waals surface area contributed by atoms with Crippen LogP contribution in [-0.4, -0.2) is 12.5 Å². The lowest BCUT2D eigenvalue weighted by Crippen LogP contribution is -1.81. The van der Waals surface area contributed by atoms with E-state index in [-0.39, 0.29) is 0 Å². The average Bonchev–Trinajstić information content (AvgIpc) is 1.83. The second-order valence-corrected chi connectivity index (χ2v) is 1.45. The minimum atomic E-state index is 0.438. The Hall–Kier alpha value is -0.920. The van der Waals surface area contributed by atoms with Crippen LogP contribution in [0.2, 0.25) is 0 Å². The van der Waals surface area contributed by atoms with Crippen LogP contribution >= 0.6 is 0 Å². The first-order chi connectivity index (χ1) is 3.81. The van der Waals surface area contributed by atoms with Crippen molar-refractivity contribution in [3.63, 3.8) is 0 Å². The second-order valence-electron chi connectivity index (χ2n) is 1.45. The van der Waals surface area contributed by atoms with Crippen LogP contribution in [0.25, 0.3) is 0 Å². The Morgan fingerprint density at radius 3 is 2.88 bits per heavy atom. The van der Waals surface area contributed by atoms with Crippen molar-refractivity contribution in [2.24, 2.45) is 0 Å². The first kappa shape index (κ1) is 7.08. The van der Waals surface area contributed by atoms with Crippen LogP contribution in [0.4, 0.5) is 0 Å². The van der Waals surface area contributed by atoms with Gasteiger partial charge in [-0.3, -0.25) is 4.79 Å². The van der Waals surface area contributed by atoms with Gasteiger partial charge in [0.05, 0.1) is 0 Å². The standard InChI is InChI=1S/C6H8NO/c1-6(5-8)3-2-4-7/h4,7H,1-3H2. The van der Waals surface area contributed by atoms with Gasteiger partial charge in [0.1, 0.15) is 0 Å². The molecule has 0 amide bonds. The van der Waals surface area contributed by atoms with E-state index >= 15 is 0 Å². The zero-order chi connectivity index (χ0) is 6.41. The molecule has 0 aliphatic rings. The summed E-state index contributed by atoms with van der Waals surface area (Å²) in [4.78, 5) is 9.71. The molecule has 0 aromatic carbocycles. The topological polar surface area (TPSA) is 40.9 Å². The number of allylic oxidation sites excluding steroid dienone is 1. The quantitative estimate of drug-likeness (QED) is 0.427. The molecule has 1 radical (unpaired) electrons. The van der Waals surface area contributed by atoms with Crippen LogP contribution in [0.15, 0.2) is 12.2 Å². The van der Waals surface area contributed by atoms with Gasteiger partial charge in [0, 0.05) is 0 Å². The van der Waals surface area contributed by atoms with Crippen LogP contribution in [0.5, 0.6) is 0 Å². The molecule has 0 aromatic rings. The SMILES string of the molecule is C=C([C]=O)CCC=N. The maximum Gasteiger partial charge on any atom is 0.228 e. The molecular formula is C6H8NO. The third-order valence-electron chi connectivity index (χ3n) is 0.735. The van der Waals surface area contributed by atoms with E-state index in [0.29, 0.717) is 18.4 Å². The summed E-state index contributed by atoms with van der Waals surface area (Å²) in [5.41, 5.74) is 0.438. The van der Waals surface area contributed by atoms with E-state index in [1.165, 1.54) is 6.21 Å². The Labute approximate surface area is 48.7 Å². The van der Waals surface area contributed by atoms with Crippen LogP contribution in [0.1, 0.15) is 12.8 Å². The lowest BCUT2D eigenvalue weighted by atomic mass is 10.2. The van der Waals surface area contributed by atoms with Gasteiger partial charge in [-0.05, 0) is 24.6 Å². The minimum absolute atomic E-state index is 0.438. The highest BCUT2D eigenvalue weighted by Crippen LogP contribution is 1.94. The van der Waals surface area contributed by atoms with Gasteiger partial charge in [-0.1, -0.05) is 6.58 Å². The van der Waals surface area contributed by atoms with Gasteiger partial charge in [-0.15, -0.1) is 0 Å². The molecule has 0 aliphatic carbocycles. The predicted octanol–water partition coefficient (Wildman–Crippen LogP) is 1.08. The maximum atomic E-state index is 9.71. The molecule has 0 aliphatic heterocycles. The summed E-state index contributed by atoms with van der Waals surface area (Å²) in [7, 11) is 0. The fraction of sp³-hybridized carbons (Fsp3) is 0.333. The summed E-state index contributed by atoms with van der Waals surface area (Å²) in [5.74, 6) is 0. The smallest absolute Gasteiger partial charge is 0.228 e. The summed E-state index contributed by atoms with van der Waals surface area (Å²) in [6.07, 6.45) is 4.06. The van der Waals surface area contributed by atoms with Crippen LogP contribution in [0.3, 0.4) is 0 Å². The van der Waals surface area contributed by atoms with Crippen molar-refractivity contribution in [2.75, 3.05) is 0 Å². The highest BCUT2D eigenvalue weighted by molar-refractivity contribution is 5.73. The first-order valence-corrected chi connectivity index (χ1v) is 2.36. The van der Waals surface area contributed by atoms with Crippen molar-refractivity contribution in [3.8, 4) is 0 Å². The molecule has 0 unspecified atom stereocenters. The van der Waals surface area contributed by atoms with E-state index < -0.39 is 0 Å². The van der Waals surface area contributed by atoms with Gasteiger partial charge in [-0.2, -0.15) is 0 Å². The van der Waals surface area contributed by atoms with Crippen molar-refractivity contribution in [3.05, 3.63) is 12.2 Å². The molecular weight excluding hydrogens is 102 g/mol. The van der Waals surface area contributed by atoms with E-state index in [9.17, 15) is 4.79 Å². The number of hydrogen-bond donors (Lipinski definition) is 1. The summed E-state index contributed by atoms with van der Waals surface area (Å²) in [6, 6.07) is 0. The molecule has 0 heterocycles. The molecule has 2 nitrogen and oxygen atoms in total. The Bertz CT molecular complexity index is 107. The largest absolute Gasteiger partial charge is 0.313 e. The average molecular weight is 110 g/mol. The zero-order valence-electron chi connectivity index (χ0n) is 4.61. The van der Waals surface area contributed by atoms with Gasteiger partial charge in [0.2, 0.25) is 6.29 Å². The molecule has 0 bridgehead atoms. The van der Waals surface area contributed by atoms with Crippen molar-refractivity contribution in [1.82, 2.24) is 0 Å². The summed E-state index contributed by atoms with van der Waals surface area (Å²) in [6.45, 7) is 3.38. The van der Waals surface area contributed by atoms with Crippen molar-refractivity contribution in [2.45, 2.75) is 12.8 Å². The van der Waals surface area contributed by atoms with Gasteiger partial charge < -0.3 is 5.41 Å². The molecule has 8 heavy (non-hydrogen) atoms. The fourth-order valence-electron chi connectivity index (χ4n) is 0.297. The lowest BCUT2D eigenvalue weighted by molar-refractivity contribution is 0.560. The van der Waals surface area contributed by atoms with E-state index in [2.05, 4.69) is 6.58 Å². The normalized spacial score (nSPS) is 8.00. The monoisotopic (exact) mass is 110 g/mol. The molecule has 0 saturated heterocycles. The zero-order valence-corrected chi connectivity index (χ0v) is 4.61. The van der Waals surface area contributed by atoms with Crippen molar-refractivity contribution in [1.29, 1.82) is 5.41 Å². The molecule has 2 heteroatoms. The third kappa shape index (κ3) is 3.28. The molecule has 1 N–H and O–H groups in total. The minimum Gasteiger partial charge on any atom is -0.313 e. The lowest BCUT2D eigenvalue weighted by Gasteiger charge is -1.86. The molecule has 0 atom stereocenters. The van der Waals surface area contributed by atoms with E-state index in [0.717, 1.165) is 0 Å². The van der Waals surface area contributed by atoms with E-state index in [4.69, 9.17) is 5.41 Å². The van der Waals surface area contributed by atoms with Crippen molar-refractivity contribution < 1.29 is 4.79 Å². The van der Waals surface area contributed by atoms with Crippen LogP contribution < -0.4 is 0 Å². The second kappa shape index (κ2) is 4.24. The maximum absolute atomic E-state index is 9.71. The molecule has 0 spiro atoms. The van der Waals surface area contributed by atoms with Crippen molar-refractivity contribution >= 4 is 12.5 Å². The highest BCUT2D eigenvalue weighted by Gasteiger charge is 1.87. The summed E-state index contributed by atoms with van der Waals surface area (Å²) >= 11 is 0. The van der Waals surface area contributed by atoms with E-state index in [1.807, 2.05) is 0 Å². The number of nitrogens with one attached hydrogen (secondary N) is 1. The Balaban J connectivity index is 3.24. The fourth-order valence-corrected chi connectivity index (χ4v) is 0.297. The molecule has 0 aromatic heterocycles. The Kier molecular flexibility index (Phi) is 3.76. The number of rotatable bonds is 4. The Morgan fingerprint density at radius 2 is 2.50 bits per heavy atom. The predicted molar refractivity (Wildman–Crippen MR) is 32.9 cm³/mol. The van der Waals surface area contributed by atoms with Crippen LogP contribution in [0, 0.1) is 5.41 Å². The van der Waals surface area contributed by atoms with Gasteiger partial charge in [0.15, 0.2) is 0 Å². The summed E-state index contributed by atoms with van der Waals surface area (Å²) < 4.78 is 0. The highest BCUT2D eigenvalue weighted by atomic mass is 16.1. The first-order valence-electron chi connectivity index (χ1n) is 2.36. The third-order valence-corrected chi connectivity index (χ3v) is 0.735. The summed E-state index contributed by atoms with van der Waals surface area (Å²) in [5, 5.41) is 6.58. The molecule has 0 saturated carbocycles.